The lowest BCUT2D eigenvalue weighted by Gasteiger charge is -2.31. The highest BCUT2D eigenvalue weighted by Crippen LogP contribution is 2.11. The van der Waals surface area contributed by atoms with Crippen molar-refractivity contribution in [2.45, 2.75) is 59.0 Å². The summed E-state index contributed by atoms with van der Waals surface area (Å²) in [6.07, 6.45) is 2.36. The van der Waals surface area contributed by atoms with Crippen LogP contribution in [0.15, 0.2) is 12.2 Å². The molecule has 0 aliphatic heterocycles. The van der Waals surface area contributed by atoms with Crippen LogP contribution in [0.1, 0.15) is 47.5 Å². The first-order valence-electron chi connectivity index (χ1n) is 7.48. The summed E-state index contributed by atoms with van der Waals surface area (Å²) in [6.45, 7) is 18.9. The molecule has 0 aliphatic carbocycles. The molecule has 0 spiro atoms. The quantitative estimate of drug-likeness (QED) is 0.617. The zero-order valence-electron chi connectivity index (χ0n) is 13.9. The van der Waals surface area contributed by atoms with E-state index < -0.39 is 0 Å². The molecule has 0 saturated carbocycles. The molecule has 0 fully saturated rings. The molecule has 0 bridgehead atoms. The van der Waals surface area contributed by atoms with Gasteiger partial charge >= 0.3 is 0 Å². The third-order valence-corrected chi connectivity index (χ3v) is 3.34. The number of rotatable bonds is 10. The van der Waals surface area contributed by atoms with Crippen LogP contribution >= 0.6 is 0 Å². The molecule has 0 aliphatic rings. The van der Waals surface area contributed by atoms with Gasteiger partial charge in [-0.25, -0.2) is 0 Å². The molecule has 0 aromatic rings. The van der Waals surface area contributed by atoms with Crippen molar-refractivity contribution in [3.8, 4) is 0 Å². The van der Waals surface area contributed by atoms with Crippen LogP contribution in [0.2, 0.25) is 0 Å². The Kier molecular flexibility index (Phi) is 9.32. The van der Waals surface area contributed by atoms with Gasteiger partial charge in [0.05, 0.1) is 6.61 Å². The maximum atomic E-state index is 5.22. The number of hydrogen-bond acceptors (Lipinski definition) is 3. The van der Waals surface area contributed by atoms with Crippen LogP contribution in [0, 0.1) is 0 Å². The van der Waals surface area contributed by atoms with Crippen LogP contribution in [-0.2, 0) is 4.74 Å². The third-order valence-electron chi connectivity index (χ3n) is 3.34. The maximum Gasteiger partial charge on any atom is 0.0589 e. The summed E-state index contributed by atoms with van der Waals surface area (Å²) in [4.78, 5) is 2.50. The van der Waals surface area contributed by atoms with Gasteiger partial charge in [0.1, 0.15) is 0 Å². The first-order valence-corrected chi connectivity index (χ1v) is 7.48. The van der Waals surface area contributed by atoms with Crippen molar-refractivity contribution in [2.75, 3.05) is 33.4 Å². The van der Waals surface area contributed by atoms with E-state index in [0.717, 1.165) is 26.2 Å². The molecule has 0 radical (unpaired) electrons. The highest BCUT2D eigenvalue weighted by atomic mass is 16.5. The van der Waals surface area contributed by atoms with E-state index in [1.807, 2.05) is 0 Å². The van der Waals surface area contributed by atoms with Crippen molar-refractivity contribution in [3.63, 3.8) is 0 Å². The largest absolute Gasteiger partial charge is 0.383 e. The van der Waals surface area contributed by atoms with Crippen LogP contribution in [-0.4, -0.2) is 49.8 Å². The topological polar surface area (TPSA) is 24.5 Å². The van der Waals surface area contributed by atoms with Crippen LogP contribution in [0.25, 0.3) is 0 Å². The molecular formula is C16H34N2O. The van der Waals surface area contributed by atoms with Gasteiger partial charge in [0.25, 0.3) is 0 Å². The molecule has 0 saturated heterocycles. The van der Waals surface area contributed by atoms with Gasteiger partial charge in [-0.05, 0) is 39.2 Å². The van der Waals surface area contributed by atoms with E-state index in [9.17, 15) is 0 Å². The maximum absolute atomic E-state index is 5.22. The van der Waals surface area contributed by atoms with Crippen molar-refractivity contribution < 1.29 is 4.74 Å². The molecule has 0 aromatic carbocycles. The Bertz CT molecular complexity index is 242. The van der Waals surface area contributed by atoms with Gasteiger partial charge in [0.2, 0.25) is 0 Å². The lowest BCUT2D eigenvalue weighted by Crippen LogP contribution is -2.42. The zero-order chi connectivity index (χ0) is 14.9. The average molecular weight is 270 g/mol. The summed E-state index contributed by atoms with van der Waals surface area (Å²) < 4.78 is 5.22. The summed E-state index contributed by atoms with van der Waals surface area (Å²) in [6, 6.07) is 0.626. The second-order valence-corrected chi connectivity index (χ2v) is 6.29. The predicted octanol–water partition coefficient (Wildman–Crippen LogP) is 3.07. The fourth-order valence-electron chi connectivity index (χ4n) is 2.14. The fourth-order valence-corrected chi connectivity index (χ4v) is 2.14. The van der Waals surface area contributed by atoms with Crippen molar-refractivity contribution >= 4 is 0 Å². The van der Waals surface area contributed by atoms with Gasteiger partial charge in [-0.1, -0.05) is 20.4 Å². The molecule has 114 valence electrons. The molecule has 0 aromatic heterocycles. The Balaban J connectivity index is 4.33. The number of nitrogens with zero attached hydrogens (tertiary/aromatic N) is 1. The second-order valence-electron chi connectivity index (χ2n) is 6.29. The van der Waals surface area contributed by atoms with E-state index in [2.05, 4.69) is 51.4 Å². The highest BCUT2D eigenvalue weighted by molar-refractivity contribution is 5.02. The minimum Gasteiger partial charge on any atom is -0.383 e. The van der Waals surface area contributed by atoms with Gasteiger partial charge in [-0.15, -0.1) is 0 Å². The molecule has 3 nitrogen and oxygen atoms in total. The summed E-state index contributed by atoms with van der Waals surface area (Å²) >= 11 is 0. The molecular weight excluding hydrogens is 236 g/mol. The minimum atomic E-state index is 0.148. The minimum absolute atomic E-state index is 0.148. The molecule has 3 heteroatoms. The van der Waals surface area contributed by atoms with Crippen LogP contribution in [0.3, 0.4) is 0 Å². The van der Waals surface area contributed by atoms with Crippen LogP contribution in [0.5, 0.6) is 0 Å². The number of nitrogens with one attached hydrogen (secondary N) is 1. The van der Waals surface area contributed by atoms with Crippen LogP contribution in [0.4, 0.5) is 0 Å². The van der Waals surface area contributed by atoms with Crippen LogP contribution < -0.4 is 5.32 Å². The fraction of sp³-hybridized carbons (Fsp3) is 0.875. The SMILES string of the molecule is C=C(CNC(C)(C)C)CN(CCOC)C(CC)CC. The van der Waals surface area contributed by atoms with E-state index in [0.29, 0.717) is 6.04 Å². The van der Waals surface area contributed by atoms with Gasteiger partial charge in [0, 0.05) is 38.3 Å². The molecule has 0 unspecified atom stereocenters. The normalized spacial score (nSPS) is 12.4. The van der Waals surface area contributed by atoms with Gasteiger partial charge in [-0.2, -0.15) is 0 Å². The smallest absolute Gasteiger partial charge is 0.0589 e. The average Bonchev–Trinajstić information content (AvgIpc) is 2.33. The Morgan fingerprint density at radius 1 is 1.26 bits per heavy atom. The summed E-state index contributed by atoms with van der Waals surface area (Å²) in [7, 11) is 1.76. The molecule has 0 heterocycles. The highest BCUT2D eigenvalue weighted by Gasteiger charge is 2.16. The summed E-state index contributed by atoms with van der Waals surface area (Å²) in [5.41, 5.74) is 1.40. The van der Waals surface area contributed by atoms with E-state index in [4.69, 9.17) is 4.74 Å². The van der Waals surface area contributed by atoms with Crippen molar-refractivity contribution in [2.24, 2.45) is 0 Å². The Labute approximate surface area is 120 Å². The number of hydrogen-bond donors (Lipinski definition) is 1. The van der Waals surface area contributed by atoms with Gasteiger partial charge in [0.15, 0.2) is 0 Å². The third kappa shape index (κ3) is 9.20. The first-order chi connectivity index (χ1) is 8.84. The molecule has 0 atom stereocenters. The summed E-state index contributed by atoms with van der Waals surface area (Å²) in [5, 5.41) is 3.50. The lowest BCUT2D eigenvalue weighted by atomic mass is 10.1. The molecule has 19 heavy (non-hydrogen) atoms. The first kappa shape index (κ1) is 18.6. The monoisotopic (exact) mass is 270 g/mol. The number of ether oxygens (including phenoxy) is 1. The Hall–Kier alpha value is -0.380. The van der Waals surface area contributed by atoms with Crippen molar-refractivity contribution in [1.29, 1.82) is 0 Å². The summed E-state index contributed by atoms with van der Waals surface area (Å²) in [5.74, 6) is 0. The van der Waals surface area contributed by atoms with Crippen molar-refractivity contribution in [1.82, 2.24) is 10.2 Å². The molecule has 0 amide bonds. The van der Waals surface area contributed by atoms with Gasteiger partial charge < -0.3 is 10.1 Å². The van der Waals surface area contributed by atoms with Crippen molar-refractivity contribution in [3.05, 3.63) is 12.2 Å². The Morgan fingerprint density at radius 3 is 2.26 bits per heavy atom. The van der Waals surface area contributed by atoms with Gasteiger partial charge in [-0.3, -0.25) is 4.90 Å². The standard InChI is InChI=1S/C16H34N2O/c1-8-15(9-2)18(10-11-19-7)13-14(3)12-17-16(4,5)6/h15,17H,3,8-13H2,1-2,4-7H3. The lowest BCUT2D eigenvalue weighted by molar-refractivity contribution is 0.122. The Morgan fingerprint density at radius 2 is 1.84 bits per heavy atom. The molecule has 0 rings (SSSR count). The van der Waals surface area contributed by atoms with E-state index >= 15 is 0 Å². The predicted molar refractivity (Wildman–Crippen MR) is 84.7 cm³/mol. The van der Waals surface area contributed by atoms with E-state index in [-0.39, 0.29) is 5.54 Å². The zero-order valence-corrected chi connectivity index (χ0v) is 13.9. The molecule has 1 N–H and O–H groups in total. The number of methoxy groups -OCH3 is 1. The van der Waals surface area contributed by atoms with E-state index in [1.165, 1.54) is 18.4 Å². The van der Waals surface area contributed by atoms with E-state index in [1.54, 1.807) is 7.11 Å². The second kappa shape index (κ2) is 9.51.